The van der Waals surface area contributed by atoms with Gasteiger partial charge in [-0.2, -0.15) is 0 Å². The molecule has 0 aliphatic rings. The van der Waals surface area contributed by atoms with Crippen LogP contribution in [0.25, 0.3) is 0 Å². The first-order chi connectivity index (χ1) is 11.2. The zero-order chi connectivity index (χ0) is 16.1. The van der Waals surface area contributed by atoms with E-state index >= 15 is 0 Å². The third-order valence-electron chi connectivity index (χ3n) is 3.21. The molecule has 1 N–H and O–H groups in total. The zero-order valence-electron chi connectivity index (χ0n) is 12.7. The first kappa shape index (κ1) is 15.8. The van der Waals surface area contributed by atoms with E-state index in [4.69, 9.17) is 0 Å². The Morgan fingerprint density at radius 2 is 1.87 bits per heavy atom. The Bertz CT molecular complexity index is 782. The van der Waals surface area contributed by atoms with Gasteiger partial charge in [0.2, 0.25) is 0 Å². The van der Waals surface area contributed by atoms with E-state index in [2.05, 4.69) is 15.7 Å². The number of nitrogens with one attached hydrogen (secondary N) is 1. The van der Waals surface area contributed by atoms with Crippen molar-refractivity contribution < 1.29 is 4.79 Å². The molecular formula is C18H16N2OS2. The molecule has 0 atom stereocenters. The van der Waals surface area contributed by atoms with Gasteiger partial charge in [0, 0.05) is 28.1 Å². The van der Waals surface area contributed by atoms with Crippen molar-refractivity contribution in [2.45, 2.75) is 17.0 Å². The van der Waals surface area contributed by atoms with Gasteiger partial charge < -0.3 is 5.32 Å². The second-order valence-corrected chi connectivity index (χ2v) is 7.14. The van der Waals surface area contributed by atoms with Crippen molar-refractivity contribution in [1.29, 1.82) is 0 Å². The van der Waals surface area contributed by atoms with Gasteiger partial charge in [0.25, 0.3) is 5.91 Å². The molecule has 1 amide bonds. The quantitative estimate of drug-likeness (QED) is 0.665. The molecule has 0 bridgehead atoms. The van der Waals surface area contributed by atoms with Crippen molar-refractivity contribution in [3.05, 3.63) is 76.8 Å². The first-order valence-electron chi connectivity index (χ1n) is 7.21. The maximum absolute atomic E-state index is 12.2. The van der Waals surface area contributed by atoms with Gasteiger partial charge >= 0.3 is 0 Å². The molecule has 3 rings (SSSR count). The van der Waals surface area contributed by atoms with Crippen LogP contribution in [0.4, 0.5) is 5.69 Å². The molecule has 0 saturated heterocycles. The number of anilines is 1. The Kier molecular flexibility index (Phi) is 5.10. The molecule has 1 aromatic heterocycles. The van der Waals surface area contributed by atoms with Crippen LogP contribution in [-0.4, -0.2) is 10.9 Å². The molecule has 0 spiro atoms. The van der Waals surface area contributed by atoms with E-state index in [1.54, 1.807) is 23.1 Å². The minimum absolute atomic E-state index is 0.0917. The Labute approximate surface area is 143 Å². The number of aromatic nitrogens is 1. The predicted octanol–water partition coefficient (Wildman–Crippen LogP) is 5.00. The highest BCUT2D eigenvalue weighted by Crippen LogP contribution is 2.26. The molecule has 0 aliphatic carbocycles. The molecular weight excluding hydrogens is 324 g/mol. The average Bonchev–Trinajstić information content (AvgIpc) is 3.00. The number of carbonyl (C=O) groups is 1. The second-order valence-electron chi connectivity index (χ2n) is 5.06. The van der Waals surface area contributed by atoms with E-state index < -0.39 is 0 Å². The van der Waals surface area contributed by atoms with Crippen molar-refractivity contribution in [2.24, 2.45) is 0 Å². The van der Waals surface area contributed by atoms with Gasteiger partial charge in [-0.15, -0.1) is 11.3 Å². The van der Waals surface area contributed by atoms with Crippen LogP contribution < -0.4 is 5.32 Å². The molecule has 5 heteroatoms. The summed E-state index contributed by atoms with van der Waals surface area (Å²) in [6.07, 6.45) is 0. The highest BCUT2D eigenvalue weighted by atomic mass is 32.2. The summed E-state index contributed by atoms with van der Waals surface area (Å²) in [5.41, 5.74) is 3.70. The van der Waals surface area contributed by atoms with Gasteiger partial charge in [0.05, 0.1) is 0 Å². The lowest BCUT2D eigenvalue weighted by molar-refractivity contribution is 0.102. The predicted molar refractivity (Wildman–Crippen MR) is 97.2 cm³/mol. The number of aryl methyl sites for hydroxylation is 1. The highest BCUT2D eigenvalue weighted by molar-refractivity contribution is 8.00. The van der Waals surface area contributed by atoms with E-state index in [9.17, 15) is 4.79 Å². The lowest BCUT2D eigenvalue weighted by Gasteiger charge is -2.06. The maximum Gasteiger partial charge on any atom is 0.255 e. The number of para-hydroxylation sites is 1. The summed E-state index contributed by atoms with van der Waals surface area (Å²) in [5.74, 6) is 0.763. The largest absolute Gasteiger partial charge is 0.322 e. The van der Waals surface area contributed by atoms with Gasteiger partial charge in [-0.3, -0.25) is 4.79 Å². The Balaban J connectivity index is 1.59. The van der Waals surface area contributed by atoms with E-state index in [-0.39, 0.29) is 5.91 Å². The van der Waals surface area contributed by atoms with Crippen molar-refractivity contribution in [3.63, 3.8) is 0 Å². The fourth-order valence-corrected chi connectivity index (χ4v) is 3.83. The number of rotatable bonds is 5. The number of hydrogen-bond donors (Lipinski definition) is 1. The first-order valence-corrected chi connectivity index (χ1v) is 9.07. The molecule has 0 fully saturated rings. The second kappa shape index (κ2) is 7.44. The van der Waals surface area contributed by atoms with Crippen LogP contribution >= 0.6 is 23.1 Å². The standard InChI is InChI=1S/C18H16N2OS2/c1-13-11-22-18(19-13)23-12-14-7-9-15(10-8-14)17(21)20-16-5-3-2-4-6-16/h2-11H,12H2,1H3,(H,20,21). The van der Waals surface area contributed by atoms with Gasteiger partial charge in [-0.25, -0.2) is 4.98 Å². The number of amides is 1. The number of nitrogens with zero attached hydrogens (tertiary/aromatic N) is 1. The summed E-state index contributed by atoms with van der Waals surface area (Å²) in [6.45, 7) is 2.00. The number of thiazole rings is 1. The molecule has 0 saturated carbocycles. The monoisotopic (exact) mass is 340 g/mol. The third-order valence-corrected chi connectivity index (χ3v) is 5.42. The molecule has 0 radical (unpaired) electrons. The van der Waals surface area contributed by atoms with Crippen LogP contribution in [0.15, 0.2) is 64.3 Å². The molecule has 23 heavy (non-hydrogen) atoms. The van der Waals surface area contributed by atoms with E-state index in [0.29, 0.717) is 5.56 Å². The maximum atomic E-state index is 12.2. The number of thioether (sulfide) groups is 1. The molecule has 1 heterocycles. The van der Waals surface area contributed by atoms with Crippen LogP contribution in [-0.2, 0) is 5.75 Å². The molecule has 0 unspecified atom stereocenters. The van der Waals surface area contributed by atoms with E-state index in [1.165, 1.54) is 5.56 Å². The van der Waals surface area contributed by atoms with Crippen molar-refractivity contribution >= 4 is 34.7 Å². The minimum atomic E-state index is -0.0917. The Hall–Kier alpha value is -2.11. The van der Waals surface area contributed by atoms with Gasteiger partial charge in [0.15, 0.2) is 0 Å². The highest BCUT2D eigenvalue weighted by Gasteiger charge is 2.06. The summed E-state index contributed by atoms with van der Waals surface area (Å²) >= 11 is 3.38. The molecule has 0 aliphatic heterocycles. The van der Waals surface area contributed by atoms with E-state index in [1.807, 2.05) is 61.5 Å². The normalized spacial score (nSPS) is 10.5. The third kappa shape index (κ3) is 4.43. The van der Waals surface area contributed by atoms with Crippen LogP contribution in [0.1, 0.15) is 21.6 Å². The Morgan fingerprint density at radius 3 is 2.52 bits per heavy atom. The van der Waals surface area contributed by atoms with Crippen molar-refractivity contribution in [3.8, 4) is 0 Å². The minimum Gasteiger partial charge on any atom is -0.322 e. The number of benzene rings is 2. The number of hydrogen-bond acceptors (Lipinski definition) is 4. The van der Waals surface area contributed by atoms with Crippen LogP contribution in [0.3, 0.4) is 0 Å². The lowest BCUT2D eigenvalue weighted by Crippen LogP contribution is -2.11. The summed E-state index contributed by atoms with van der Waals surface area (Å²) in [7, 11) is 0. The summed E-state index contributed by atoms with van der Waals surface area (Å²) < 4.78 is 1.08. The average molecular weight is 340 g/mol. The fourth-order valence-electron chi connectivity index (χ4n) is 2.02. The van der Waals surface area contributed by atoms with E-state index in [0.717, 1.165) is 21.5 Å². The van der Waals surface area contributed by atoms with Crippen molar-refractivity contribution in [2.75, 3.05) is 5.32 Å². The fraction of sp³-hybridized carbons (Fsp3) is 0.111. The SMILES string of the molecule is Cc1csc(SCc2ccc(C(=O)Nc3ccccc3)cc2)n1. The molecule has 2 aromatic carbocycles. The molecule has 3 aromatic rings. The van der Waals surface area contributed by atoms with Crippen LogP contribution in [0.2, 0.25) is 0 Å². The Morgan fingerprint density at radius 1 is 1.13 bits per heavy atom. The summed E-state index contributed by atoms with van der Waals surface area (Å²) in [6, 6.07) is 17.2. The van der Waals surface area contributed by atoms with Gasteiger partial charge in [-0.1, -0.05) is 42.1 Å². The molecule has 116 valence electrons. The lowest BCUT2D eigenvalue weighted by atomic mass is 10.1. The topological polar surface area (TPSA) is 42.0 Å². The smallest absolute Gasteiger partial charge is 0.255 e. The number of carbonyl (C=O) groups excluding carboxylic acids is 1. The van der Waals surface area contributed by atoms with Crippen LogP contribution in [0.5, 0.6) is 0 Å². The summed E-state index contributed by atoms with van der Waals surface area (Å²) in [4.78, 5) is 16.6. The van der Waals surface area contributed by atoms with Gasteiger partial charge in [-0.05, 0) is 36.8 Å². The molecule has 3 nitrogen and oxygen atoms in total. The zero-order valence-corrected chi connectivity index (χ0v) is 14.3. The van der Waals surface area contributed by atoms with Crippen LogP contribution in [0, 0.1) is 6.92 Å². The van der Waals surface area contributed by atoms with Crippen molar-refractivity contribution in [1.82, 2.24) is 4.98 Å². The summed E-state index contributed by atoms with van der Waals surface area (Å²) in [5, 5.41) is 4.94. The van der Waals surface area contributed by atoms with Gasteiger partial charge in [0.1, 0.15) is 4.34 Å².